The third-order valence-corrected chi connectivity index (χ3v) is 4.39. The van der Waals surface area contributed by atoms with E-state index in [9.17, 15) is 14.7 Å². The number of carboxylic acid groups (broad SMARTS) is 1. The number of carbonyl (C=O) groups is 2. The van der Waals surface area contributed by atoms with Gasteiger partial charge in [0.15, 0.2) is 6.04 Å². The Bertz CT molecular complexity index is 737. The third-order valence-electron chi connectivity index (χ3n) is 3.51. The maximum atomic E-state index is 12.3. The highest BCUT2D eigenvalue weighted by molar-refractivity contribution is 7.11. The summed E-state index contributed by atoms with van der Waals surface area (Å²) < 4.78 is 0. The molecule has 1 aromatic heterocycles. The lowest BCUT2D eigenvalue weighted by atomic mass is 10.0. The van der Waals surface area contributed by atoms with Gasteiger partial charge in [-0.2, -0.15) is 0 Å². The van der Waals surface area contributed by atoms with E-state index in [0.717, 1.165) is 21.0 Å². The largest absolute Gasteiger partial charge is 0.479 e. The van der Waals surface area contributed by atoms with Crippen LogP contribution in [-0.4, -0.2) is 22.0 Å². The lowest BCUT2D eigenvalue weighted by Gasteiger charge is -2.15. The molecule has 0 aliphatic carbocycles. The van der Waals surface area contributed by atoms with Crippen LogP contribution in [0, 0.1) is 27.7 Å². The Morgan fingerprint density at radius 1 is 1.18 bits per heavy atom. The van der Waals surface area contributed by atoms with Gasteiger partial charge in [0.05, 0.1) is 5.01 Å². The molecule has 0 aliphatic heterocycles. The Balaban J connectivity index is 2.29. The zero-order chi connectivity index (χ0) is 16.4. The first-order valence-corrected chi connectivity index (χ1v) is 7.66. The minimum atomic E-state index is -1.10. The first-order valence-electron chi connectivity index (χ1n) is 6.84. The van der Waals surface area contributed by atoms with Crippen molar-refractivity contribution in [2.45, 2.75) is 33.7 Å². The Labute approximate surface area is 133 Å². The second-order valence-corrected chi connectivity index (χ2v) is 6.63. The predicted molar refractivity (Wildman–Crippen MR) is 85.3 cm³/mol. The van der Waals surface area contributed by atoms with Gasteiger partial charge in [-0.3, -0.25) is 4.79 Å². The van der Waals surface area contributed by atoms with Crippen molar-refractivity contribution >= 4 is 23.2 Å². The number of aryl methyl sites for hydroxylation is 4. The van der Waals surface area contributed by atoms with Crippen LogP contribution in [0.15, 0.2) is 18.2 Å². The van der Waals surface area contributed by atoms with E-state index in [2.05, 4.69) is 10.3 Å². The van der Waals surface area contributed by atoms with Crippen LogP contribution in [0.2, 0.25) is 0 Å². The molecule has 1 unspecified atom stereocenters. The number of rotatable bonds is 4. The first kappa shape index (κ1) is 16.2. The zero-order valence-corrected chi connectivity index (χ0v) is 13.7. The van der Waals surface area contributed by atoms with E-state index in [0.29, 0.717) is 5.56 Å². The van der Waals surface area contributed by atoms with Crippen LogP contribution >= 0.6 is 11.3 Å². The van der Waals surface area contributed by atoms with Crippen molar-refractivity contribution in [3.8, 4) is 0 Å². The molecule has 0 saturated carbocycles. The summed E-state index contributed by atoms with van der Waals surface area (Å²) in [5.74, 6) is -1.56. The second kappa shape index (κ2) is 6.27. The fourth-order valence-electron chi connectivity index (χ4n) is 2.17. The van der Waals surface area contributed by atoms with E-state index in [1.54, 1.807) is 19.1 Å². The molecular formula is C16H18N2O3S. The summed E-state index contributed by atoms with van der Waals surface area (Å²) in [4.78, 5) is 28.7. The van der Waals surface area contributed by atoms with E-state index in [4.69, 9.17) is 0 Å². The van der Waals surface area contributed by atoms with E-state index >= 15 is 0 Å². The molecule has 0 bridgehead atoms. The molecule has 116 valence electrons. The van der Waals surface area contributed by atoms with Crippen molar-refractivity contribution in [1.29, 1.82) is 0 Å². The number of carbonyl (C=O) groups excluding carboxylic acids is 1. The molecule has 2 N–H and O–H groups in total. The van der Waals surface area contributed by atoms with Crippen LogP contribution in [0.5, 0.6) is 0 Å². The average molecular weight is 318 g/mol. The lowest BCUT2D eigenvalue weighted by Crippen LogP contribution is -2.34. The summed E-state index contributed by atoms with van der Waals surface area (Å²) in [6, 6.07) is 4.27. The molecule has 0 radical (unpaired) electrons. The molecule has 6 heteroatoms. The SMILES string of the molecule is Cc1nc(C(=O)NC(C(=O)O)c2ccc(C)c(C)c2)c(C)s1. The van der Waals surface area contributed by atoms with Gasteiger partial charge < -0.3 is 10.4 Å². The third kappa shape index (κ3) is 3.33. The van der Waals surface area contributed by atoms with Crippen LogP contribution in [0.4, 0.5) is 0 Å². The summed E-state index contributed by atoms with van der Waals surface area (Å²) >= 11 is 1.41. The van der Waals surface area contributed by atoms with E-state index in [1.807, 2.05) is 26.8 Å². The summed E-state index contributed by atoms with van der Waals surface area (Å²) in [5, 5.41) is 12.8. The molecule has 0 spiro atoms. The minimum Gasteiger partial charge on any atom is -0.479 e. The summed E-state index contributed by atoms with van der Waals surface area (Å²) in [5.41, 5.74) is 2.90. The molecule has 5 nitrogen and oxygen atoms in total. The van der Waals surface area contributed by atoms with Gasteiger partial charge >= 0.3 is 5.97 Å². The number of hydrogen-bond donors (Lipinski definition) is 2. The Morgan fingerprint density at radius 3 is 2.36 bits per heavy atom. The summed E-state index contributed by atoms with van der Waals surface area (Å²) in [7, 11) is 0. The highest BCUT2D eigenvalue weighted by atomic mass is 32.1. The highest BCUT2D eigenvalue weighted by Gasteiger charge is 2.25. The first-order chi connectivity index (χ1) is 10.3. The monoisotopic (exact) mass is 318 g/mol. The van der Waals surface area contributed by atoms with Crippen LogP contribution in [0.25, 0.3) is 0 Å². The van der Waals surface area contributed by atoms with Gasteiger partial charge in [-0.15, -0.1) is 11.3 Å². The van der Waals surface area contributed by atoms with Gasteiger partial charge in [0.2, 0.25) is 0 Å². The number of aromatic nitrogens is 1. The normalized spacial score (nSPS) is 12.0. The molecular weight excluding hydrogens is 300 g/mol. The minimum absolute atomic E-state index is 0.289. The number of hydrogen-bond acceptors (Lipinski definition) is 4. The van der Waals surface area contributed by atoms with Crippen LogP contribution < -0.4 is 5.32 Å². The molecule has 1 aromatic carbocycles. The number of thiazole rings is 1. The number of aliphatic carboxylic acids is 1. The predicted octanol–water partition coefficient (Wildman–Crippen LogP) is 2.93. The van der Waals surface area contributed by atoms with Crippen molar-refractivity contribution < 1.29 is 14.7 Å². The number of carboxylic acids is 1. The number of nitrogens with one attached hydrogen (secondary N) is 1. The number of amides is 1. The standard InChI is InChI=1S/C16H18N2O3S/c1-8-5-6-12(7-9(8)2)14(16(20)21)18-15(19)13-10(3)22-11(4)17-13/h5-7,14H,1-4H3,(H,18,19)(H,20,21). The Morgan fingerprint density at radius 2 is 1.86 bits per heavy atom. The molecule has 2 aromatic rings. The highest BCUT2D eigenvalue weighted by Crippen LogP contribution is 2.20. The smallest absolute Gasteiger partial charge is 0.330 e. The van der Waals surface area contributed by atoms with Gasteiger partial charge in [-0.25, -0.2) is 9.78 Å². The van der Waals surface area contributed by atoms with Crippen molar-refractivity contribution in [3.05, 3.63) is 50.5 Å². The quantitative estimate of drug-likeness (QED) is 0.908. The fourth-order valence-corrected chi connectivity index (χ4v) is 2.99. The Hall–Kier alpha value is -2.21. The molecule has 22 heavy (non-hydrogen) atoms. The van der Waals surface area contributed by atoms with Crippen molar-refractivity contribution in [1.82, 2.24) is 10.3 Å². The van der Waals surface area contributed by atoms with Gasteiger partial charge in [0, 0.05) is 4.88 Å². The second-order valence-electron chi connectivity index (χ2n) is 5.23. The van der Waals surface area contributed by atoms with Crippen molar-refractivity contribution in [2.75, 3.05) is 0 Å². The molecule has 2 rings (SSSR count). The summed E-state index contributed by atoms with van der Waals surface area (Å²) in [6.45, 7) is 7.47. The Kier molecular flexibility index (Phi) is 4.61. The maximum Gasteiger partial charge on any atom is 0.330 e. The molecule has 0 aliphatic rings. The van der Waals surface area contributed by atoms with Crippen LogP contribution in [-0.2, 0) is 4.79 Å². The van der Waals surface area contributed by atoms with Crippen molar-refractivity contribution in [2.24, 2.45) is 0 Å². The van der Waals surface area contributed by atoms with E-state index in [-0.39, 0.29) is 5.69 Å². The molecule has 1 heterocycles. The fraction of sp³-hybridized carbons (Fsp3) is 0.312. The van der Waals surface area contributed by atoms with Crippen LogP contribution in [0.1, 0.15) is 43.1 Å². The van der Waals surface area contributed by atoms with Gasteiger partial charge in [-0.1, -0.05) is 18.2 Å². The topological polar surface area (TPSA) is 79.3 Å². The molecule has 1 amide bonds. The maximum absolute atomic E-state index is 12.3. The van der Waals surface area contributed by atoms with E-state index in [1.165, 1.54) is 11.3 Å². The molecule has 0 saturated heterocycles. The molecule has 1 atom stereocenters. The van der Waals surface area contributed by atoms with Gasteiger partial charge in [0.25, 0.3) is 5.91 Å². The zero-order valence-electron chi connectivity index (χ0n) is 12.9. The lowest BCUT2D eigenvalue weighted by molar-refractivity contribution is -0.139. The van der Waals surface area contributed by atoms with Gasteiger partial charge in [0.1, 0.15) is 5.69 Å². The van der Waals surface area contributed by atoms with Gasteiger partial charge in [-0.05, 0) is 44.4 Å². The average Bonchev–Trinajstić information content (AvgIpc) is 2.78. The molecule has 0 fully saturated rings. The van der Waals surface area contributed by atoms with Crippen LogP contribution in [0.3, 0.4) is 0 Å². The van der Waals surface area contributed by atoms with Crippen molar-refractivity contribution in [3.63, 3.8) is 0 Å². The number of benzene rings is 1. The van der Waals surface area contributed by atoms with E-state index < -0.39 is 17.9 Å². The number of nitrogens with zero attached hydrogens (tertiary/aromatic N) is 1. The summed E-state index contributed by atoms with van der Waals surface area (Å²) in [6.07, 6.45) is 0.